The molecule has 1 aromatic heterocycles. The summed E-state index contributed by atoms with van der Waals surface area (Å²) < 4.78 is 2.12. The molecule has 7 heteroatoms. The van der Waals surface area contributed by atoms with E-state index in [0.717, 1.165) is 41.0 Å². The van der Waals surface area contributed by atoms with Crippen molar-refractivity contribution < 1.29 is 9.59 Å². The Morgan fingerprint density at radius 1 is 0.946 bits per heavy atom. The van der Waals surface area contributed by atoms with Crippen molar-refractivity contribution in [2.24, 2.45) is 0 Å². The maximum absolute atomic E-state index is 14.2. The van der Waals surface area contributed by atoms with E-state index in [1.807, 2.05) is 103 Å². The molecule has 3 aromatic carbocycles. The summed E-state index contributed by atoms with van der Waals surface area (Å²) in [6.45, 7) is 1.98. The molecule has 4 aromatic rings. The van der Waals surface area contributed by atoms with Gasteiger partial charge in [-0.15, -0.1) is 0 Å². The standard InChI is InChI=1S/C30H27ClN4O2/c1-20-11-13-23(14-12-20)32-30(37)34(24-15-16-24)19-28(36)35-26-9-3-2-8-25(26)33-17-5-10-27(33)29(35)21-6-4-7-22(31)18-21/h2-14,17-18,24,29H,15-16,19H2,1H3,(H,32,37)/t29-/m1/s1. The third kappa shape index (κ3) is 4.49. The number of hydrogen-bond acceptors (Lipinski definition) is 2. The summed E-state index contributed by atoms with van der Waals surface area (Å²) in [5, 5.41) is 3.58. The van der Waals surface area contributed by atoms with E-state index in [0.29, 0.717) is 10.7 Å². The monoisotopic (exact) mass is 510 g/mol. The summed E-state index contributed by atoms with van der Waals surface area (Å²) in [7, 11) is 0. The van der Waals surface area contributed by atoms with Crippen LogP contribution in [0.15, 0.2) is 91.1 Å². The summed E-state index contributed by atoms with van der Waals surface area (Å²) in [6, 6.07) is 26.6. The van der Waals surface area contributed by atoms with Gasteiger partial charge in [-0.3, -0.25) is 9.69 Å². The van der Waals surface area contributed by atoms with Crippen LogP contribution < -0.4 is 10.2 Å². The molecule has 1 aliphatic heterocycles. The van der Waals surface area contributed by atoms with Crippen molar-refractivity contribution in [2.75, 3.05) is 16.8 Å². The van der Waals surface area contributed by atoms with Crippen LogP contribution in [0.1, 0.15) is 35.7 Å². The lowest BCUT2D eigenvalue weighted by atomic mass is 9.97. The topological polar surface area (TPSA) is 57.6 Å². The first-order valence-corrected chi connectivity index (χ1v) is 12.9. The predicted molar refractivity (Wildman–Crippen MR) is 146 cm³/mol. The number of para-hydroxylation sites is 2. The Hall–Kier alpha value is -4.03. The van der Waals surface area contributed by atoms with Gasteiger partial charge < -0.3 is 14.8 Å². The van der Waals surface area contributed by atoms with Gasteiger partial charge in [0.05, 0.1) is 17.1 Å². The Morgan fingerprint density at radius 3 is 2.43 bits per heavy atom. The number of carbonyl (C=O) groups is 2. The summed E-state index contributed by atoms with van der Waals surface area (Å²) in [5.74, 6) is -0.143. The number of aryl methyl sites for hydroxylation is 1. The van der Waals surface area contributed by atoms with E-state index in [4.69, 9.17) is 11.6 Å². The van der Waals surface area contributed by atoms with Crippen molar-refractivity contribution >= 4 is 34.9 Å². The summed E-state index contributed by atoms with van der Waals surface area (Å²) >= 11 is 6.38. The van der Waals surface area contributed by atoms with Crippen molar-refractivity contribution in [3.8, 4) is 5.69 Å². The molecule has 0 radical (unpaired) electrons. The Morgan fingerprint density at radius 2 is 1.70 bits per heavy atom. The smallest absolute Gasteiger partial charge is 0.316 e. The zero-order chi connectivity index (χ0) is 25.5. The number of fused-ring (bicyclic) bond motifs is 3. The summed E-state index contributed by atoms with van der Waals surface area (Å²) in [4.78, 5) is 31.0. The van der Waals surface area contributed by atoms with Crippen molar-refractivity contribution in [2.45, 2.75) is 31.8 Å². The second-order valence-electron chi connectivity index (χ2n) is 9.67. The molecule has 1 fully saturated rings. The third-order valence-corrected chi connectivity index (χ3v) is 7.24. The summed E-state index contributed by atoms with van der Waals surface area (Å²) in [6.07, 6.45) is 3.80. The first-order chi connectivity index (χ1) is 18.0. The van der Waals surface area contributed by atoms with Gasteiger partial charge >= 0.3 is 6.03 Å². The molecule has 1 N–H and O–H groups in total. The second-order valence-corrected chi connectivity index (χ2v) is 10.1. The van der Waals surface area contributed by atoms with Crippen molar-refractivity contribution in [1.29, 1.82) is 0 Å². The van der Waals surface area contributed by atoms with E-state index in [1.54, 1.807) is 4.90 Å². The van der Waals surface area contributed by atoms with Gasteiger partial charge in [0, 0.05) is 22.9 Å². The lowest BCUT2D eigenvalue weighted by Gasteiger charge is -2.39. The molecule has 37 heavy (non-hydrogen) atoms. The molecular formula is C30H27ClN4O2. The van der Waals surface area contributed by atoms with E-state index in [-0.39, 0.29) is 30.6 Å². The highest BCUT2D eigenvalue weighted by Crippen LogP contribution is 2.43. The molecule has 1 atom stereocenters. The van der Waals surface area contributed by atoms with Gasteiger partial charge in [0.1, 0.15) is 12.6 Å². The molecule has 0 saturated heterocycles. The highest BCUT2D eigenvalue weighted by molar-refractivity contribution is 6.30. The number of halogens is 1. The van der Waals surface area contributed by atoms with Crippen LogP contribution in [0, 0.1) is 6.92 Å². The molecule has 2 aliphatic rings. The number of aromatic nitrogens is 1. The third-order valence-electron chi connectivity index (χ3n) is 7.01. The van der Waals surface area contributed by atoms with Crippen LogP contribution in [-0.4, -0.2) is 34.0 Å². The van der Waals surface area contributed by atoms with Crippen LogP contribution in [0.5, 0.6) is 0 Å². The predicted octanol–water partition coefficient (Wildman–Crippen LogP) is 6.57. The van der Waals surface area contributed by atoms with E-state index in [9.17, 15) is 9.59 Å². The van der Waals surface area contributed by atoms with Gasteiger partial charge in [0.15, 0.2) is 0 Å². The van der Waals surface area contributed by atoms with Crippen LogP contribution in [0.4, 0.5) is 16.2 Å². The first-order valence-electron chi connectivity index (χ1n) is 12.5. The van der Waals surface area contributed by atoms with Crippen LogP contribution in [0.25, 0.3) is 5.69 Å². The molecule has 1 aliphatic carbocycles. The fraction of sp³-hybridized carbons (Fsp3) is 0.200. The zero-order valence-electron chi connectivity index (χ0n) is 20.5. The van der Waals surface area contributed by atoms with Crippen molar-refractivity contribution in [3.63, 3.8) is 0 Å². The Labute approximate surface area is 221 Å². The molecule has 1 saturated carbocycles. The van der Waals surface area contributed by atoms with Crippen LogP contribution >= 0.6 is 11.6 Å². The fourth-order valence-electron chi connectivity index (χ4n) is 5.06. The van der Waals surface area contributed by atoms with Gasteiger partial charge in [-0.1, -0.05) is 53.6 Å². The number of amides is 3. The van der Waals surface area contributed by atoms with E-state index in [2.05, 4.69) is 9.88 Å². The largest absolute Gasteiger partial charge is 0.322 e. The Bertz CT molecular complexity index is 1470. The van der Waals surface area contributed by atoms with Crippen LogP contribution in [0.2, 0.25) is 5.02 Å². The van der Waals surface area contributed by atoms with Gasteiger partial charge in [0.2, 0.25) is 5.91 Å². The molecule has 0 spiro atoms. The normalized spacial score (nSPS) is 16.1. The summed E-state index contributed by atoms with van der Waals surface area (Å²) in [5.41, 5.74) is 5.44. The number of urea groups is 1. The van der Waals surface area contributed by atoms with Gasteiger partial charge in [0.25, 0.3) is 0 Å². The maximum Gasteiger partial charge on any atom is 0.322 e. The molecule has 186 valence electrons. The molecule has 6 rings (SSSR count). The Kier molecular flexibility index (Phi) is 5.97. The quantitative estimate of drug-likeness (QED) is 0.330. The molecule has 2 heterocycles. The lowest BCUT2D eigenvalue weighted by molar-refractivity contribution is -0.119. The minimum Gasteiger partial charge on any atom is -0.316 e. The van der Waals surface area contributed by atoms with E-state index < -0.39 is 0 Å². The SMILES string of the molecule is Cc1ccc(NC(=O)N(CC(=O)N2c3ccccc3-n3cccc3[C@H]2c2cccc(Cl)c2)C2CC2)cc1. The minimum atomic E-state index is -0.377. The highest BCUT2D eigenvalue weighted by atomic mass is 35.5. The number of carbonyl (C=O) groups excluding carboxylic acids is 2. The molecule has 6 nitrogen and oxygen atoms in total. The number of nitrogens with zero attached hydrogens (tertiary/aromatic N) is 3. The molecule has 0 unspecified atom stereocenters. The minimum absolute atomic E-state index is 0.0194. The lowest BCUT2D eigenvalue weighted by Crippen LogP contribution is -2.48. The number of hydrogen-bond donors (Lipinski definition) is 1. The van der Waals surface area contributed by atoms with Gasteiger partial charge in [-0.2, -0.15) is 0 Å². The average molecular weight is 511 g/mol. The first kappa shape index (κ1) is 23.4. The van der Waals surface area contributed by atoms with Gasteiger partial charge in [-0.25, -0.2) is 4.79 Å². The molecule has 3 amide bonds. The maximum atomic E-state index is 14.2. The Balaban J connectivity index is 1.36. The van der Waals surface area contributed by atoms with Crippen LogP contribution in [-0.2, 0) is 4.79 Å². The van der Waals surface area contributed by atoms with E-state index in [1.165, 1.54) is 0 Å². The number of anilines is 2. The highest BCUT2D eigenvalue weighted by Gasteiger charge is 2.40. The average Bonchev–Trinajstić information content (AvgIpc) is 3.62. The van der Waals surface area contributed by atoms with Crippen LogP contribution in [0.3, 0.4) is 0 Å². The van der Waals surface area contributed by atoms with E-state index >= 15 is 0 Å². The molecule has 0 bridgehead atoms. The molecular weight excluding hydrogens is 484 g/mol. The fourth-order valence-corrected chi connectivity index (χ4v) is 5.26. The second kappa shape index (κ2) is 9.45. The number of nitrogens with one attached hydrogen (secondary N) is 1. The number of rotatable bonds is 5. The van der Waals surface area contributed by atoms with Crippen molar-refractivity contribution in [3.05, 3.63) is 113 Å². The van der Waals surface area contributed by atoms with Crippen molar-refractivity contribution in [1.82, 2.24) is 9.47 Å². The van der Waals surface area contributed by atoms with Gasteiger partial charge in [-0.05, 0) is 73.9 Å². The number of benzene rings is 3. The zero-order valence-corrected chi connectivity index (χ0v) is 21.2.